The van der Waals surface area contributed by atoms with Gasteiger partial charge in [0, 0.05) is 5.39 Å². The van der Waals surface area contributed by atoms with Gasteiger partial charge in [-0.1, -0.05) is 54.1 Å². The molecule has 0 aliphatic carbocycles. The normalized spacial score (nSPS) is 10.5. The average Bonchev–Trinajstić information content (AvgIpc) is 2.54. The predicted molar refractivity (Wildman–Crippen MR) is 82.9 cm³/mol. The van der Waals surface area contributed by atoms with Gasteiger partial charge in [0.05, 0.1) is 5.52 Å². The molecule has 3 aromatic rings. The molecule has 0 radical (unpaired) electrons. The molecule has 0 saturated carbocycles. The van der Waals surface area contributed by atoms with Crippen LogP contribution in [0.2, 0.25) is 5.02 Å². The Hall–Kier alpha value is -2.39. The fourth-order valence-corrected chi connectivity index (χ4v) is 2.37. The summed E-state index contributed by atoms with van der Waals surface area (Å²) >= 11 is 6.24. The molecule has 1 heterocycles. The fourth-order valence-electron chi connectivity index (χ4n) is 2.13. The molecule has 21 heavy (non-hydrogen) atoms. The number of pyridine rings is 1. The molecule has 4 heteroatoms. The number of para-hydroxylation sites is 1. The van der Waals surface area contributed by atoms with Gasteiger partial charge in [-0.15, -0.1) is 0 Å². The third-order valence-electron chi connectivity index (χ3n) is 3.15. The number of fused-ring (bicyclic) bond motifs is 1. The summed E-state index contributed by atoms with van der Waals surface area (Å²) < 4.78 is 5.85. The van der Waals surface area contributed by atoms with E-state index in [9.17, 15) is 4.79 Å². The SMILES string of the molecule is O=Cc1nc2ccccc2c(OCc2ccccc2)c1Cl. The number of rotatable bonds is 4. The van der Waals surface area contributed by atoms with Crippen LogP contribution in [0.25, 0.3) is 10.9 Å². The Morgan fingerprint density at radius 1 is 1.05 bits per heavy atom. The van der Waals surface area contributed by atoms with Gasteiger partial charge in [0.25, 0.3) is 0 Å². The van der Waals surface area contributed by atoms with Crippen molar-refractivity contribution in [2.45, 2.75) is 6.61 Å². The Labute approximate surface area is 127 Å². The van der Waals surface area contributed by atoms with Crippen molar-refractivity contribution in [1.29, 1.82) is 0 Å². The van der Waals surface area contributed by atoms with Crippen molar-refractivity contribution in [2.24, 2.45) is 0 Å². The number of ether oxygens (including phenoxy) is 1. The Bertz CT molecular complexity index is 787. The highest BCUT2D eigenvalue weighted by Gasteiger charge is 2.14. The lowest BCUT2D eigenvalue weighted by Crippen LogP contribution is -2.00. The van der Waals surface area contributed by atoms with Crippen molar-refractivity contribution < 1.29 is 9.53 Å². The minimum atomic E-state index is 0.193. The second-order valence-corrected chi connectivity index (χ2v) is 4.93. The zero-order valence-corrected chi connectivity index (χ0v) is 11.9. The summed E-state index contributed by atoms with van der Waals surface area (Å²) in [4.78, 5) is 15.3. The molecule has 3 rings (SSSR count). The summed E-state index contributed by atoms with van der Waals surface area (Å²) in [6.45, 7) is 0.382. The molecule has 104 valence electrons. The van der Waals surface area contributed by atoms with Crippen molar-refractivity contribution >= 4 is 28.8 Å². The van der Waals surface area contributed by atoms with Crippen LogP contribution in [-0.2, 0) is 6.61 Å². The third kappa shape index (κ3) is 2.73. The van der Waals surface area contributed by atoms with Crippen LogP contribution in [0.5, 0.6) is 5.75 Å². The number of aromatic nitrogens is 1. The van der Waals surface area contributed by atoms with Gasteiger partial charge in [-0.3, -0.25) is 4.79 Å². The first-order chi connectivity index (χ1) is 10.3. The van der Waals surface area contributed by atoms with Crippen molar-refractivity contribution in [1.82, 2.24) is 4.98 Å². The first-order valence-electron chi connectivity index (χ1n) is 6.49. The van der Waals surface area contributed by atoms with Crippen molar-refractivity contribution in [3.05, 3.63) is 70.9 Å². The van der Waals surface area contributed by atoms with Gasteiger partial charge in [0.1, 0.15) is 23.1 Å². The van der Waals surface area contributed by atoms with Crippen LogP contribution < -0.4 is 4.74 Å². The first-order valence-corrected chi connectivity index (χ1v) is 6.87. The maximum atomic E-state index is 11.1. The van der Waals surface area contributed by atoms with Gasteiger partial charge < -0.3 is 4.74 Å². The summed E-state index contributed by atoms with van der Waals surface area (Å²) in [7, 11) is 0. The van der Waals surface area contributed by atoms with Crippen LogP contribution in [0.3, 0.4) is 0 Å². The lowest BCUT2D eigenvalue weighted by Gasteiger charge is -2.12. The van der Waals surface area contributed by atoms with Gasteiger partial charge in [-0.05, 0) is 17.7 Å². The number of nitrogens with zero attached hydrogens (tertiary/aromatic N) is 1. The second-order valence-electron chi connectivity index (χ2n) is 4.55. The highest BCUT2D eigenvalue weighted by Crippen LogP contribution is 2.34. The molecule has 0 saturated heterocycles. The summed E-state index contributed by atoms with van der Waals surface area (Å²) in [6.07, 6.45) is 0.643. The molecule has 2 aromatic carbocycles. The smallest absolute Gasteiger partial charge is 0.170 e. The minimum Gasteiger partial charge on any atom is -0.487 e. The van der Waals surface area contributed by atoms with E-state index in [-0.39, 0.29) is 10.7 Å². The molecule has 3 nitrogen and oxygen atoms in total. The van der Waals surface area contributed by atoms with Gasteiger partial charge in [0.2, 0.25) is 0 Å². The Morgan fingerprint density at radius 2 is 1.76 bits per heavy atom. The molecule has 0 spiro atoms. The van der Waals surface area contributed by atoms with E-state index in [2.05, 4.69) is 4.98 Å². The molecule has 0 bridgehead atoms. The average molecular weight is 298 g/mol. The van der Waals surface area contributed by atoms with E-state index in [0.717, 1.165) is 10.9 Å². The van der Waals surface area contributed by atoms with Crippen molar-refractivity contribution in [3.63, 3.8) is 0 Å². The van der Waals surface area contributed by atoms with Gasteiger partial charge in [0.15, 0.2) is 6.29 Å². The van der Waals surface area contributed by atoms with Crippen LogP contribution in [-0.4, -0.2) is 11.3 Å². The summed E-state index contributed by atoms with van der Waals surface area (Å²) in [5.41, 5.74) is 1.91. The molecule has 0 N–H and O–H groups in total. The Morgan fingerprint density at radius 3 is 2.52 bits per heavy atom. The molecule has 0 fully saturated rings. The number of carbonyl (C=O) groups is 1. The largest absolute Gasteiger partial charge is 0.487 e. The standard InChI is InChI=1S/C17H12ClNO2/c18-16-15(10-20)19-14-9-5-4-8-13(14)17(16)21-11-12-6-2-1-3-7-12/h1-10H,11H2. The van der Waals surface area contributed by atoms with Crippen LogP contribution in [0, 0.1) is 0 Å². The molecule has 0 amide bonds. The topological polar surface area (TPSA) is 39.2 Å². The fraction of sp³-hybridized carbons (Fsp3) is 0.0588. The second kappa shape index (κ2) is 5.94. The Kier molecular flexibility index (Phi) is 3.84. The van der Waals surface area contributed by atoms with Crippen LogP contribution in [0.4, 0.5) is 0 Å². The number of hydrogen-bond acceptors (Lipinski definition) is 3. The van der Waals surface area contributed by atoms with E-state index >= 15 is 0 Å². The maximum absolute atomic E-state index is 11.1. The maximum Gasteiger partial charge on any atom is 0.170 e. The molecule has 0 unspecified atom stereocenters. The molecular weight excluding hydrogens is 286 g/mol. The summed E-state index contributed by atoms with van der Waals surface area (Å²) in [5, 5.41) is 1.05. The van der Waals surface area contributed by atoms with E-state index < -0.39 is 0 Å². The number of aldehydes is 1. The zero-order chi connectivity index (χ0) is 14.7. The quantitative estimate of drug-likeness (QED) is 0.675. The number of carbonyl (C=O) groups excluding carboxylic acids is 1. The van der Waals surface area contributed by atoms with E-state index in [0.29, 0.717) is 24.2 Å². The minimum absolute atomic E-state index is 0.193. The monoisotopic (exact) mass is 297 g/mol. The lowest BCUT2D eigenvalue weighted by molar-refractivity contribution is 0.111. The summed E-state index contributed by atoms with van der Waals surface area (Å²) in [6, 6.07) is 17.2. The van der Waals surface area contributed by atoms with E-state index in [4.69, 9.17) is 16.3 Å². The third-order valence-corrected chi connectivity index (χ3v) is 3.52. The Balaban J connectivity index is 2.03. The number of benzene rings is 2. The lowest BCUT2D eigenvalue weighted by atomic mass is 10.2. The summed E-state index contributed by atoms with van der Waals surface area (Å²) in [5.74, 6) is 0.494. The highest BCUT2D eigenvalue weighted by atomic mass is 35.5. The van der Waals surface area contributed by atoms with E-state index in [1.54, 1.807) is 0 Å². The number of halogens is 1. The zero-order valence-electron chi connectivity index (χ0n) is 11.1. The van der Waals surface area contributed by atoms with Crippen LogP contribution in [0.1, 0.15) is 16.1 Å². The predicted octanol–water partition coefficient (Wildman–Crippen LogP) is 4.28. The molecule has 1 aromatic heterocycles. The van der Waals surface area contributed by atoms with Crippen molar-refractivity contribution in [3.8, 4) is 5.75 Å². The molecule has 0 aliphatic heterocycles. The van der Waals surface area contributed by atoms with Gasteiger partial charge >= 0.3 is 0 Å². The van der Waals surface area contributed by atoms with Crippen molar-refractivity contribution in [2.75, 3.05) is 0 Å². The van der Waals surface area contributed by atoms with E-state index in [1.807, 2.05) is 54.6 Å². The molecular formula is C17H12ClNO2. The van der Waals surface area contributed by atoms with Crippen LogP contribution in [0.15, 0.2) is 54.6 Å². The highest BCUT2D eigenvalue weighted by molar-refractivity contribution is 6.35. The number of hydrogen-bond donors (Lipinski definition) is 0. The van der Waals surface area contributed by atoms with Gasteiger partial charge in [-0.25, -0.2) is 4.98 Å². The first kappa shape index (κ1) is 13.6. The molecule has 0 atom stereocenters. The van der Waals surface area contributed by atoms with E-state index in [1.165, 1.54) is 0 Å². The van der Waals surface area contributed by atoms with Crippen LogP contribution >= 0.6 is 11.6 Å². The molecule has 0 aliphatic rings. The van der Waals surface area contributed by atoms with Gasteiger partial charge in [-0.2, -0.15) is 0 Å².